The van der Waals surface area contributed by atoms with Crippen LogP contribution in [0.3, 0.4) is 0 Å². The summed E-state index contributed by atoms with van der Waals surface area (Å²) in [5.41, 5.74) is 1.49. The summed E-state index contributed by atoms with van der Waals surface area (Å²) in [7, 11) is 3.15. The highest BCUT2D eigenvalue weighted by Gasteiger charge is 2.34. The lowest BCUT2D eigenvalue weighted by atomic mass is 10.1. The van der Waals surface area contributed by atoms with E-state index in [9.17, 15) is 4.79 Å². The number of amides is 1. The van der Waals surface area contributed by atoms with Crippen LogP contribution in [0.5, 0.6) is 11.5 Å². The molecule has 8 heteroatoms. The van der Waals surface area contributed by atoms with Gasteiger partial charge in [0.25, 0.3) is 5.89 Å². The van der Waals surface area contributed by atoms with Gasteiger partial charge in [-0.15, -0.1) is 0 Å². The largest absolute Gasteiger partial charge is 0.497 e. The van der Waals surface area contributed by atoms with Gasteiger partial charge in [0.15, 0.2) is 5.82 Å². The van der Waals surface area contributed by atoms with Crippen molar-refractivity contribution in [2.24, 2.45) is 0 Å². The number of ether oxygens (including phenoxy) is 2. The molecule has 1 aliphatic heterocycles. The van der Waals surface area contributed by atoms with Gasteiger partial charge in [-0.05, 0) is 36.4 Å². The van der Waals surface area contributed by atoms with Crippen LogP contribution in [0, 0.1) is 0 Å². The molecule has 1 atom stereocenters. The van der Waals surface area contributed by atoms with Crippen molar-refractivity contribution < 1.29 is 18.8 Å². The monoisotopic (exact) mass is 399 g/mol. The van der Waals surface area contributed by atoms with E-state index in [0.717, 1.165) is 5.69 Å². The number of hydrogen-bond acceptors (Lipinski definition) is 6. The van der Waals surface area contributed by atoms with E-state index in [1.54, 1.807) is 49.5 Å². The number of anilines is 1. The van der Waals surface area contributed by atoms with Gasteiger partial charge in [0.05, 0.1) is 14.2 Å². The normalized spacial score (nSPS) is 16.5. The number of benzene rings is 2. The van der Waals surface area contributed by atoms with E-state index in [1.807, 2.05) is 12.1 Å². The van der Waals surface area contributed by atoms with Crippen molar-refractivity contribution in [3.8, 4) is 23.0 Å². The van der Waals surface area contributed by atoms with Crippen molar-refractivity contribution in [1.29, 1.82) is 0 Å². The summed E-state index contributed by atoms with van der Waals surface area (Å²) in [4.78, 5) is 18.7. The quantitative estimate of drug-likeness (QED) is 0.647. The molecule has 2 aromatic carbocycles. The third-order valence-electron chi connectivity index (χ3n) is 4.67. The van der Waals surface area contributed by atoms with Gasteiger partial charge in [0, 0.05) is 41.2 Å². The molecule has 1 saturated heterocycles. The Bertz CT molecular complexity index is 981. The molecule has 1 aliphatic rings. The summed E-state index contributed by atoms with van der Waals surface area (Å²) in [5.74, 6) is 1.97. The highest BCUT2D eigenvalue weighted by molar-refractivity contribution is 6.30. The van der Waals surface area contributed by atoms with Crippen LogP contribution in [0.2, 0.25) is 5.02 Å². The fraction of sp³-hybridized carbons (Fsp3) is 0.250. The van der Waals surface area contributed by atoms with Crippen molar-refractivity contribution in [2.45, 2.75) is 12.3 Å². The summed E-state index contributed by atoms with van der Waals surface area (Å²) in [6.07, 6.45) is 0.322. The zero-order valence-electron chi connectivity index (χ0n) is 15.4. The van der Waals surface area contributed by atoms with Crippen LogP contribution in [0.4, 0.5) is 5.69 Å². The fourth-order valence-electron chi connectivity index (χ4n) is 3.20. The molecule has 0 aliphatic carbocycles. The minimum Gasteiger partial charge on any atom is -0.497 e. The Labute approximate surface area is 166 Å². The Balaban J connectivity index is 1.57. The van der Waals surface area contributed by atoms with Gasteiger partial charge < -0.3 is 18.9 Å². The smallest absolute Gasteiger partial charge is 0.258 e. The molecule has 2 heterocycles. The summed E-state index contributed by atoms with van der Waals surface area (Å²) in [5, 5.41) is 4.72. The van der Waals surface area contributed by atoms with Crippen LogP contribution >= 0.6 is 11.6 Å². The molecule has 1 amide bonds. The summed E-state index contributed by atoms with van der Waals surface area (Å²) in [6, 6.07) is 12.5. The third kappa shape index (κ3) is 3.53. The van der Waals surface area contributed by atoms with Crippen molar-refractivity contribution in [3.63, 3.8) is 0 Å². The maximum Gasteiger partial charge on any atom is 0.258 e. The lowest BCUT2D eigenvalue weighted by Gasteiger charge is -2.16. The van der Waals surface area contributed by atoms with Crippen LogP contribution in [0.1, 0.15) is 18.2 Å². The van der Waals surface area contributed by atoms with Crippen LogP contribution < -0.4 is 14.4 Å². The van der Waals surface area contributed by atoms with Gasteiger partial charge in [0.2, 0.25) is 5.91 Å². The van der Waals surface area contributed by atoms with Crippen LogP contribution in [-0.2, 0) is 4.79 Å². The minimum atomic E-state index is -0.145. The third-order valence-corrected chi connectivity index (χ3v) is 4.92. The van der Waals surface area contributed by atoms with E-state index in [2.05, 4.69) is 10.1 Å². The van der Waals surface area contributed by atoms with Gasteiger partial charge in [-0.3, -0.25) is 4.79 Å². The number of aromatic nitrogens is 2. The lowest BCUT2D eigenvalue weighted by molar-refractivity contribution is -0.117. The van der Waals surface area contributed by atoms with Gasteiger partial charge in [-0.1, -0.05) is 16.8 Å². The highest BCUT2D eigenvalue weighted by atomic mass is 35.5. The van der Waals surface area contributed by atoms with Crippen LogP contribution in [0.25, 0.3) is 11.5 Å². The first-order chi connectivity index (χ1) is 13.6. The summed E-state index contributed by atoms with van der Waals surface area (Å²) >= 11 is 5.93. The number of hydrogen-bond donors (Lipinski definition) is 0. The second kappa shape index (κ2) is 7.52. The van der Waals surface area contributed by atoms with E-state index < -0.39 is 0 Å². The van der Waals surface area contributed by atoms with Crippen LogP contribution in [-0.4, -0.2) is 36.8 Å². The molecule has 7 nitrogen and oxygen atoms in total. The van der Waals surface area contributed by atoms with E-state index in [1.165, 1.54) is 0 Å². The van der Waals surface area contributed by atoms with Crippen molar-refractivity contribution in [3.05, 3.63) is 53.3 Å². The second-order valence-corrected chi connectivity index (χ2v) is 6.88. The van der Waals surface area contributed by atoms with Crippen LogP contribution in [0.15, 0.2) is 47.0 Å². The number of nitrogens with zero attached hydrogens (tertiary/aromatic N) is 3. The standard InChI is InChI=1S/C20H18ClN3O4/c1-26-16-7-12(8-17(10-16)27-2)20-22-19(23-28-20)13-9-18(25)24(11-13)15-5-3-14(21)4-6-15/h3-8,10,13H,9,11H2,1-2H3/t13-/m0/s1. The topological polar surface area (TPSA) is 77.7 Å². The molecule has 3 aromatic rings. The molecule has 1 aromatic heterocycles. The summed E-state index contributed by atoms with van der Waals surface area (Å²) in [6.45, 7) is 0.487. The van der Waals surface area contributed by atoms with E-state index in [-0.39, 0.29) is 11.8 Å². The number of rotatable bonds is 5. The molecule has 28 heavy (non-hydrogen) atoms. The zero-order valence-corrected chi connectivity index (χ0v) is 16.1. The zero-order chi connectivity index (χ0) is 19.7. The molecule has 0 unspecified atom stereocenters. The Morgan fingerprint density at radius 1 is 1.11 bits per heavy atom. The summed E-state index contributed by atoms with van der Waals surface area (Å²) < 4.78 is 16.0. The Hall–Kier alpha value is -3.06. The van der Waals surface area contributed by atoms with Gasteiger partial charge in [0.1, 0.15) is 11.5 Å². The SMILES string of the molecule is COc1cc(OC)cc(-c2nc([C@H]3CC(=O)N(c4ccc(Cl)cc4)C3)no2)c1. The second-order valence-electron chi connectivity index (χ2n) is 6.44. The predicted molar refractivity (Wildman–Crippen MR) is 104 cm³/mol. The van der Waals surface area contributed by atoms with Crippen molar-refractivity contribution in [1.82, 2.24) is 10.1 Å². The average Bonchev–Trinajstić information content (AvgIpc) is 3.35. The van der Waals surface area contributed by atoms with Gasteiger partial charge in [-0.25, -0.2) is 0 Å². The van der Waals surface area contributed by atoms with E-state index in [0.29, 0.717) is 46.8 Å². The molecule has 0 spiro atoms. The average molecular weight is 400 g/mol. The van der Waals surface area contributed by atoms with E-state index >= 15 is 0 Å². The number of carbonyl (C=O) groups excluding carboxylic acids is 1. The molecular formula is C20H18ClN3O4. The molecule has 0 N–H and O–H groups in total. The molecule has 0 bridgehead atoms. The van der Waals surface area contributed by atoms with Crippen molar-refractivity contribution in [2.75, 3.05) is 25.7 Å². The van der Waals surface area contributed by atoms with E-state index in [4.69, 9.17) is 25.6 Å². The molecule has 144 valence electrons. The number of methoxy groups -OCH3 is 2. The lowest BCUT2D eigenvalue weighted by Crippen LogP contribution is -2.24. The molecule has 4 rings (SSSR count). The maximum atomic E-state index is 12.5. The highest BCUT2D eigenvalue weighted by Crippen LogP contribution is 2.33. The van der Waals surface area contributed by atoms with Gasteiger partial charge >= 0.3 is 0 Å². The first-order valence-electron chi connectivity index (χ1n) is 8.70. The number of halogens is 1. The van der Waals surface area contributed by atoms with Gasteiger partial charge in [-0.2, -0.15) is 4.98 Å². The fourth-order valence-corrected chi connectivity index (χ4v) is 3.33. The molecular weight excluding hydrogens is 382 g/mol. The minimum absolute atomic E-state index is 0.0155. The molecule has 0 radical (unpaired) electrons. The maximum absolute atomic E-state index is 12.5. The Morgan fingerprint density at radius 2 is 1.79 bits per heavy atom. The first kappa shape index (κ1) is 18.3. The first-order valence-corrected chi connectivity index (χ1v) is 9.08. The van der Waals surface area contributed by atoms with Crippen molar-refractivity contribution >= 4 is 23.2 Å². The Morgan fingerprint density at radius 3 is 2.43 bits per heavy atom. The Kier molecular flexibility index (Phi) is 4.92. The predicted octanol–water partition coefficient (Wildman–Crippen LogP) is 3.93. The number of carbonyl (C=O) groups is 1. The molecule has 1 fully saturated rings. The molecule has 0 saturated carbocycles.